The van der Waals surface area contributed by atoms with E-state index >= 15 is 0 Å². The predicted octanol–water partition coefficient (Wildman–Crippen LogP) is 2.47. The van der Waals surface area contributed by atoms with Crippen molar-refractivity contribution in [2.75, 3.05) is 26.2 Å². The number of benzene rings is 2. The van der Waals surface area contributed by atoms with Crippen molar-refractivity contribution in [1.29, 1.82) is 0 Å². The zero-order valence-electron chi connectivity index (χ0n) is 19.2. The quantitative estimate of drug-likeness (QED) is 0.728. The molecule has 0 aromatic heterocycles. The second kappa shape index (κ2) is 8.49. The molecule has 3 N–H and O–H groups in total. The maximum Gasteiger partial charge on any atom is 0.127 e. The van der Waals surface area contributed by atoms with Crippen LogP contribution in [0.3, 0.4) is 0 Å². The summed E-state index contributed by atoms with van der Waals surface area (Å²) in [6, 6.07) is 15.4. The van der Waals surface area contributed by atoms with E-state index in [0.717, 1.165) is 24.2 Å². The van der Waals surface area contributed by atoms with Crippen LogP contribution < -0.4 is 9.80 Å². The van der Waals surface area contributed by atoms with Crippen LogP contribution in [0.15, 0.2) is 42.5 Å². The molecule has 1 aliphatic heterocycles. The molecule has 3 heteroatoms. The molecule has 158 valence electrons. The lowest BCUT2D eigenvalue weighted by atomic mass is 9.78. The topological polar surface area (TPSA) is 29.1 Å². The minimum atomic E-state index is -0.0616. The third kappa shape index (κ3) is 5.61. The number of aromatic hydroxyl groups is 1. The first-order chi connectivity index (χ1) is 13.5. The van der Waals surface area contributed by atoms with E-state index in [1.54, 1.807) is 9.80 Å². The maximum atomic E-state index is 11.0. The zero-order chi connectivity index (χ0) is 21.2. The van der Waals surface area contributed by atoms with Crippen molar-refractivity contribution in [3.8, 4) is 5.75 Å². The Morgan fingerprint density at radius 1 is 0.690 bits per heavy atom. The number of phenolic OH excluding ortho intramolecular Hbond substituents is 1. The van der Waals surface area contributed by atoms with Crippen molar-refractivity contribution in [1.82, 2.24) is 0 Å². The lowest BCUT2D eigenvalue weighted by molar-refractivity contribution is -1.02. The minimum Gasteiger partial charge on any atom is -0.507 e. The van der Waals surface area contributed by atoms with Crippen LogP contribution in [0, 0.1) is 0 Å². The molecular weight excluding hydrogens is 356 g/mol. The molecule has 3 nitrogen and oxygen atoms in total. The van der Waals surface area contributed by atoms with Crippen LogP contribution in [0.25, 0.3) is 0 Å². The second-order valence-corrected chi connectivity index (χ2v) is 10.9. The number of hydrogen-bond donors (Lipinski definition) is 3. The molecule has 0 bridgehead atoms. The zero-order valence-corrected chi connectivity index (χ0v) is 19.2. The fraction of sp³-hybridized carbons (Fsp3) is 0.538. The van der Waals surface area contributed by atoms with Gasteiger partial charge in [-0.1, -0.05) is 71.9 Å². The number of piperazine rings is 1. The van der Waals surface area contributed by atoms with Gasteiger partial charge in [0.25, 0.3) is 0 Å². The van der Waals surface area contributed by atoms with Gasteiger partial charge in [0.1, 0.15) is 45.0 Å². The Balaban J connectivity index is 1.70. The van der Waals surface area contributed by atoms with Gasteiger partial charge >= 0.3 is 0 Å². The van der Waals surface area contributed by atoms with Crippen LogP contribution in [0.4, 0.5) is 0 Å². The van der Waals surface area contributed by atoms with E-state index in [9.17, 15) is 5.11 Å². The van der Waals surface area contributed by atoms with Gasteiger partial charge in [0.05, 0.1) is 0 Å². The first-order valence-corrected chi connectivity index (χ1v) is 11.1. The summed E-state index contributed by atoms with van der Waals surface area (Å²) in [5, 5.41) is 11.0. The fourth-order valence-electron chi connectivity index (χ4n) is 4.42. The summed E-state index contributed by atoms with van der Waals surface area (Å²) in [4.78, 5) is 3.35. The molecular formula is C26H40N2O+2. The average molecular weight is 397 g/mol. The largest absolute Gasteiger partial charge is 0.507 e. The van der Waals surface area contributed by atoms with Gasteiger partial charge in [-0.15, -0.1) is 0 Å². The lowest BCUT2D eigenvalue weighted by Gasteiger charge is -2.31. The second-order valence-electron chi connectivity index (χ2n) is 10.9. The third-order valence-corrected chi connectivity index (χ3v) is 6.20. The summed E-state index contributed by atoms with van der Waals surface area (Å²) in [6.45, 7) is 20.2. The van der Waals surface area contributed by atoms with Crippen molar-refractivity contribution >= 4 is 0 Å². The summed E-state index contributed by atoms with van der Waals surface area (Å²) in [6.07, 6.45) is 0. The van der Waals surface area contributed by atoms with Crippen molar-refractivity contribution in [2.24, 2.45) is 0 Å². The predicted molar refractivity (Wildman–Crippen MR) is 121 cm³/mol. The molecule has 0 atom stereocenters. The van der Waals surface area contributed by atoms with Gasteiger partial charge in [-0.25, -0.2) is 0 Å². The summed E-state index contributed by atoms with van der Waals surface area (Å²) in [7, 11) is 0. The van der Waals surface area contributed by atoms with Crippen LogP contribution in [0.5, 0.6) is 5.75 Å². The van der Waals surface area contributed by atoms with E-state index < -0.39 is 0 Å². The van der Waals surface area contributed by atoms with Gasteiger partial charge in [0.2, 0.25) is 0 Å². The van der Waals surface area contributed by atoms with E-state index in [0.29, 0.717) is 5.75 Å². The van der Waals surface area contributed by atoms with Crippen LogP contribution >= 0.6 is 0 Å². The standard InChI is InChI=1S/C26H38N2O/c1-25(2,3)22-16-21(17-23(24(22)29)26(4,5)6)19-28-14-12-27(13-15-28)18-20-10-8-7-9-11-20/h7-11,16-17,29H,12-15,18-19H2,1-6H3/p+2. The molecule has 1 fully saturated rings. The van der Waals surface area contributed by atoms with Crippen LogP contribution in [-0.2, 0) is 23.9 Å². The molecule has 0 saturated carbocycles. The van der Waals surface area contributed by atoms with Gasteiger partial charge in [0.15, 0.2) is 0 Å². The number of phenols is 1. The Bertz CT molecular complexity index is 772. The number of nitrogens with one attached hydrogen (secondary N) is 2. The van der Waals surface area contributed by atoms with E-state index in [1.165, 1.54) is 37.3 Å². The first-order valence-electron chi connectivity index (χ1n) is 11.1. The van der Waals surface area contributed by atoms with Crippen molar-refractivity contribution < 1.29 is 14.9 Å². The minimum absolute atomic E-state index is 0.0616. The highest BCUT2D eigenvalue weighted by Crippen LogP contribution is 2.39. The Kier molecular flexibility index (Phi) is 6.40. The monoisotopic (exact) mass is 396 g/mol. The summed E-state index contributed by atoms with van der Waals surface area (Å²) in [5.41, 5.74) is 4.83. The number of quaternary nitrogens is 2. The lowest BCUT2D eigenvalue weighted by Crippen LogP contribution is -3.27. The van der Waals surface area contributed by atoms with E-state index in [4.69, 9.17) is 0 Å². The van der Waals surface area contributed by atoms with E-state index in [-0.39, 0.29) is 10.8 Å². The molecule has 1 heterocycles. The molecule has 2 aromatic carbocycles. The first kappa shape index (κ1) is 21.9. The normalized spacial score (nSPS) is 20.6. The van der Waals surface area contributed by atoms with Gasteiger partial charge in [-0.3, -0.25) is 0 Å². The Hall–Kier alpha value is -1.84. The van der Waals surface area contributed by atoms with Crippen LogP contribution in [0.1, 0.15) is 63.8 Å². The molecule has 0 radical (unpaired) electrons. The molecule has 0 aliphatic carbocycles. The Labute approximate surface area is 177 Å². The van der Waals surface area contributed by atoms with Crippen LogP contribution in [0.2, 0.25) is 0 Å². The smallest absolute Gasteiger partial charge is 0.127 e. The average Bonchev–Trinajstić information content (AvgIpc) is 2.63. The molecule has 1 aliphatic rings. The fourth-order valence-corrected chi connectivity index (χ4v) is 4.42. The van der Waals surface area contributed by atoms with Crippen molar-refractivity contribution in [2.45, 2.75) is 65.5 Å². The van der Waals surface area contributed by atoms with Gasteiger partial charge < -0.3 is 14.9 Å². The third-order valence-electron chi connectivity index (χ3n) is 6.20. The highest BCUT2D eigenvalue weighted by Gasteiger charge is 2.28. The van der Waals surface area contributed by atoms with E-state index in [2.05, 4.69) is 84.0 Å². The van der Waals surface area contributed by atoms with Crippen LogP contribution in [-0.4, -0.2) is 31.3 Å². The molecule has 0 amide bonds. The van der Waals surface area contributed by atoms with Crippen molar-refractivity contribution in [3.05, 3.63) is 64.7 Å². The summed E-state index contributed by atoms with van der Waals surface area (Å²) >= 11 is 0. The molecule has 0 unspecified atom stereocenters. The van der Waals surface area contributed by atoms with Gasteiger partial charge in [-0.05, 0) is 23.0 Å². The Morgan fingerprint density at radius 2 is 1.10 bits per heavy atom. The van der Waals surface area contributed by atoms with Gasteiger partial charge in [0, 0.05) is 22.3 Å². The molecule has 29 heavy (non-hydrogen) atoms. The molecule has 0 spiro atoms. The SMILES string of the molecule is CC(C)(C)c1cc(C[NH+]2CC[NH+](Cc3ccccc3)CC2)cc(C(C)(C)C)c1O. The molecule has 2 aromatic rings. The maximum absolute atomic E-state index is 11.0. The highest BCUT2D eigenvalue weighted by atomic mass is 16.3. The highest BCUT2D eigenvalue weighted by molar-refractivity contribution is 5.49. The molecule has 3 rings (SSSR count). The molecule has 1 saturated heterocycles. The van der Waals surface area contributed by atoms with Gasteiger partial charge in [-0.2, -0.15) is 0 Å². The van der Waals surface area contributed by atoms with Crippen molar-refractivity contribution in [3.63, 3.8) is 0 Å². The number of hydrogen-bond acceptors (Lipinski definition) is 1. The summed E-state index contributed by atoms with van der Waals surface area (Å²) in [5.74, 6) is 0.487. The van der Waals surface area contributed by atoms with E-state index in [1.807, 2.05) is 0 Å². The Morgan fingerprint density at radius 3 is 1.52 bits per heavy atom. The summed E-state index contributed by atoms with van der Waals surface area (Å²) < 4.78 is 0. The number of rotatable bonds is 4.